The minimum atomic E-state index is 0.0410. The average molecular weight is 209 g/mol. The fraction of sp³-hybridized carbons (Fsp3) is 0.727. The van der Waals surface area contributed by atoms with Crippen molar-refractivity contribution in [3.05, 3.63) is 12.0 Å². The third-order valence-corrected chi connectivity index (χ3v) is 2.62. The highest BCUT2D eigenvalue weighted by Crippen LogP contribution is 2.26. The molecule has 4 nitrogen and oxygen atoms in total. The number of nitrogens with one attached hydrogen (secondary N) is 1. The van der Waals surface area contributed by atoms with E-state index in [-0.39, 0.29) is 5.41 Å². The number of aromatic nitrogens is 1. The van der Waals surface area contributed by atoms with Crippen LogP contribution >= 0.6 is 0 Å². The molecular weight excluding hydrogens is 190 g/mol. The van der Waals surface area contributed by atoms with Gasteiger partial charge in [0, 0.05) is 31.6 Å². The molecule has 1 saturated heterocycles. The highest BCUT2D eigenvalue weighted by Gasteiger charge is 2.22. The number of nitrogens with zero attached hydrogens (tertiary/aromatic N) is 2. The molecule has 2 heterocycles. The van der Waals surface area contributed by atoms with Crippen LogP contribution in [-0.2, 0) is 5.41 Å². The Hall–Kier alpha value is -1.03. The number of piperazine rings is 1. The van der Waals surface area contributed by atoms with Gasteiger partial charge in [0.15, 0.2) is 0 Å². The predicted molar refractivity (Wildman–Crippen MR) is 60.3 cm³/mol. The first-order valence-corrected chi connectivity index (χ1v) is 5.49. The smallest absolute Gasteiger partial charge is 0.297 e. The Bertz CT molecular complexity index is 321. The summed E-state index contributed by atoms with van der Waals surface area (Å²) in [5.74, 6) is 0.955. The summed E-state index contributed by atoms with van der Waals surface area (Å²) in [5, 5.41) is 3.31. The van der Waals surface area contributed by atoms with Gasteiger partial charge < -0.3 is 14.6 Å². The highest BCUT2D eigenvalue weighted by molar-refractivity contribution is 5.28. The van der Waals surface area contributed by atoms with Crippen molar-refractivity contribution >= 4 is 6.01 Å². The van der Waals surface area contributed by atoms with Crippen LogP contribution in [0.1, 0.15) is 26.5 Å². The van der Waals surface area contributed by atoms with E-state index in [2.05, 4.69) is 36.0 Å². The van der Waals surface area contributed by atoms with Crippen molar-refractivity contribution in [3.8, 4) is 0 Å². The summed E-state index contributed by atoms with van der Waals surface area (Å²) in [5.41, 5.74) is 0.0410. The largest absolute Gasteiger partial charge is 0.428 e. The Morgan fingerprint density at radius 1 is 1.33 bits per heavy atom. The van der Waals surface area contributed by atoms with Crippen molar-refractivity contribution in [3.63, 3.8) is 0 Å². The fourth-order valence-electron chi connectivity index (χ4n) is 1.61. The van der Waals surface area contributed by atoms with E-state index in [9.17, 15) is 0 Å². The van der Waals surface area contributed by atoms with Gasteiger partial charge in [0.05, 0.1) is 6.20 Å². The summed E-state index contributed by atoms with van der Waals surface area (Å²) in [6, 6.07) is 0.765. The summed E-state index contributed by atoms with van der Waals surface area (Å²) < 4.78 is 5.77. The van der Waals surface area contributed by atoms with Crippen LogP contribution in [0.3, 0.4) is 0 Å². The van der Waals surface area contributed by atoms with Crippen LogP contribution in [0.5, 0.6) is 0 Å². The minimum Gasteiger partial charge on any atom is -0.428 e. The van der Waals surface area contributed by atoms with E-state index in [1.807, 2.05) is 6.20 Å². The van der Waals surface area contributed by atoms with Crippen LogP contribution in [0.15, 0.2) is 10.6 Å². The highest BCUT2D eigenvalue weighted by atomic mass is 16.4. The van der Waals surface area contributed by atoms with Crippen LogP contribution in [0, 0.1) is 0 Å². The summed E-state index contributed by atoms with van der Waals surface area (Å²) in [6.07, 6.45) is 1.84. The second kappa shape index (κ2) is 3.85. The van der Waals surface area contributed by atoms with Gasteiger partial charge >= 0.3 is 0 Å². The molecule has 0 aliphatic carbocycles. The maximum Gasteiger partial charge on any atom is 0.297 e. The molecule has 1 N–H and O–H groups in total. The molecule has 4 heteroatoms. The van der Waals surface area contributed by atoms with Gasteiger partial charge in [-0.05, 0) is 0 Å². The number of anilines is 1. The standard InChI is InChI=1S/C11H19N3O/c1-11(2,3)9-8-13-10(15-9)14-6-4-12-5-7-14/h8,12H,4-7H2,1-3H3. The molecule has 0 spiro atoms. The predicted octanol–water partition coefficient (Wildman–Crippen LogP) is 1.38. The molecule has 84 valence electrons. The van der Waals surface area contributed by atoms with Crippen LogP contribution in [0.25, 0.3) is 0 Å². The minimum absolute atomic E-state index is 0.0410. The Morgan fingerprint density at radius 3 is 2.53 bits per heavy atom. The molecule has 2 rings (SSSR count). The third kappa shape index (κ3) is 2.31. The van der Waals surface area contributed by atoms with Crippen LogP contribution in [0.4, 0.5) is 6.01 Å². The molecule has 0 bridgehead atoms. The number of hydrogen-bond acceptors (Lipinski definition) is 4. The molecule has 1 aliphatic rings. The Morgan fingerprint density at radius 2 is 2.00 bits per heavy atom. The summed E-state index contributed by atoms with van der Waals surface area (Å²) >= 11 is 0. The van der Waals surface area contributed by atoms with Crippen molar-refractivity contribution in [2.24, 2.45) is 0 Å². The lowest BCUT2D eigenvalue weighted by Crippen LogP contribution is -2.43. The Labute approximate surface area is 90.7 Å². The molecule has 1 fully saturated rings. The molecule has 0 unspecified atom stereocenters. The van der Waals surface area contributed by atoms with Gasteiger partial charge in [-0.3, -0.25) is 0 Å². The van der Waals surface area contributed by atoms with Crippen molar-refractivity contribution < 1.29 is 4.42 Å². The van der Waals surface area contributed by atoms with Gasteiger partial charge in [0.1, 0.15) is 5.76 Å². The molecule has 0 amide bonds. The lowest BCUT2D eigenvalue weighted by Gasteiger charge is -2.25. The SMILES string of the molecule is CC(C)(C)c1cnc(N2CCNCC2)o1. The van der Waals surface area contributed by atoms with E-state index in [0.29, 0.717) is 0 Å². The fourth-order valence-corrected chi connectivity index (χ4v) is 1.61. The summed E-state index contributed by atoms with van der Waals surface area (Å²) in [6.45, 7) is 10.4. The molecule has 0 radical (unpaired) electrons. The van der Waals surface area contributed by atoms with Crippen molar-refractivity contribution in [1.29, 1.82) is 0 Å². The van der Waals surface area contributed by atoms with Gasteiger partial charge in [-0.25, -0.2) is 4.98 Å². The first kappa shape index (κ1) is 10.5. The van der Waals surface area contributed by atoms with E-state index in [4.69, 9.17) is 4.42 Å². The zero-order chi connectivity index (χ0) is 10.9. The number of oxazole rings is 1. The number of hydrogen-bond donors (Lipinski definition) is 1. The van der Waals surface area contributed by atoms with Gasteiger partial charge in [-0.15, -0.1) is 0 Å². The van der Waals surface area contributed by atoms with Crippen LogP contribution < -0.4 is 10.2 Å². The van der Waals surface area contributed by atoms with Crippen molar-refractivity contribution in [2.45, 2.75) is 26.2 Å². The maximum absolute atomic E-state index is 5.77. The Balaban J connectivity index is 2.12. The zero-order valence-corrected chi connectivity index (χ0v) is 9.71. The molecule has 0 atom stereocenters. The van der Waals surface area contributed by atoms with Gasteiger partial charge in [0.25, 0.3) is 6.01 Å². The second-order valence-corrected chi connectivity index (χ2v) is 4.99. The first-order valence-electron chi connectivity index (χ1n) is 5.49. The lowest BCUT2D eigenvalue weighted by atomic mass is 9.94. The van der Waals surface area contributed by atoms with Crippen molar-refractivity contribution in [1.82, 2.24) is 10.3 Å². The van der Waals surface area contributed by atoms with E-state index in [0.717, 1.165) is 38.0 Å². The Kier molecular flexibility index (Phi) is 2.69. The van der Waals surface area contributed by atoms with E-state index in [1.54, 1.807) is 0 Å². The third-order valence-electron chi connectivity index (χ3n) is 2.62. The monoisotopic (exact) mass is 209 g/mol. The van der Waals surface area contributed by atoms with E-state index < -0.39 is 0 Å². The molecule has 1 aromatic heterocycles. The molecule has 1 aliphatic heterocycles. The maximum atomic E-state index is 5.77. The van der Waals surface area contributed by atoms with E-state index in [1.165, 1.54) is 0 Å². The molecule has 1 aromatic rings. The lowest BCUT2D eigenvalue weighted by molar-refractivity contribution is 0.400. The quantitative estimate of drug-likeness (QED) is 0.758. The van der Waals surface area contributed by atoms with E-state index >= 15 is 0 Å². The molecular formula is C11H19N3O. The zero-order valence-electron chi connectivity index (χ0n) is 9.71. The van der Waals surface area contributed by atoms with Gasteiger partial charge in [-0.2, -0.15) is 0 Å². The first-order chi connectivity index (χ1) is 7.07. The summed E-state index contributed by atoms with van der Waals surface area (Å²) in [4.78, 5) is 6.52. The molecule has 0 saturated carbocycles. The van der Waals surface area contributed by atoms with Gasteiger partial charge in [-0.1, -0.05) is 20.8 Å². The van der Waals surface area contributed by atoms with Gasteiger partial charge in [0.2, 0.25) is 0 Å². The van der Waals surface area contributed by atoms with Crippen LogP contribution in [0.2, 0.25) is 0 Å². The second-order valence-electron chi connectivity index (χ2n) is 4.99. The summed E-state index contributed by atoms with van der Waals surface area (Å²) in [7, 11) is 0. The topological polar surface area (TPSA) is 41.3 Å². The van der Waals surface area contributed by atoms with Crippen LogP contribution in [-0.4, -0.2) is 31.2 Å². The molecule has 0 aromatic carbocycles. The molecule has 15 heavy (non-hydrogen) atoms. The van der Waals surface area contributed by atoms with Crippen molar-refractivity contribution in [2.75, 3.05) is 31.1 Å². The normalized spacial score (nSPS) is 18.2. The average Bonchev–Trinajstić information content (AvgIpc) is 2.67. The number of rotatable bonds is 1.